The van der Waals surface area contributed by atoms with E-state index in [0.29, 0.717) is 28.2 Å². The molecule has 1 heterocycles. The van der Waals surface area contributed by atoms with E-state index in [9.17, 15) is 4.79 Å². The van der Waals surface area contributed by atoms with Gasteiger partial charge in [-0.1, -0.05) is 35.5 Å². The van der Waals surface area contributed by atoms with Crippen LogP contribution >= 0.6 is 23.4 Å². The number of hydrogen-bond acceptors (Lipinski definition) is 6. The van der Waals surface area contributed by atoms with Gasteiger partial charge in [0.15, 0.2) is 0 Å². The Balaban J connectivity index is 1.61. The predicted octanol–water partition coefficient (Wildman–Crippen LogP) is 3.45. The highest BCUT2D eigenvalue weighted by molar-refractivity contribution is 7.99. The smallest absolute Gasteiger partial charge is 0.221 e. The molecule has 3 rings (SSSR count). The Morgan fingerprint density at radius 1 is 1.27 bits per heavy atom. The molecule has 1 aromatic heterocycles. The predicted molar refractivity (Wildman–Crippen MR) is 101 cm³/mol. The van der Waals surface area contributed by atoms with E-state index in [0.717, 1.165) is 11.4 Å². The van der Waals surface area contributed by atoms with Crippen molar-refractivity contribution >= 4 is 35.0 Å². The van der Waals surface area contributed by atoms with Crippen molar-refractivity contribution in [1.29, 1.82) is 0 Å². The van der Waals surface area contributed by atoms with Crippen molar-refractivity contribution in [1.82, 2.24) is 20.2 Å². The summed E-state index contributed by atoms with van der Waals surface area (Å²) >= 11 is 7.40. The summed E-state index contributed by atoms with van der Waals surface area (Å²) in [7, 11) is 0. The van der Waals surface area contributed by atoms with Crippen LogP contribution in [0.4, 0.5) is 5.69 Å². The van der Waals surface area contributed by atoms with E-state index < -0.39 is 0 Å². The minimum atomic E-state index is -0.133. The number of hydrogen-bond donors (Lipinski definition) is 1. The Labute approximate surface area is 159 Å². The fourth-order valence-corrected chi connectivity index (χ4v) is 3.09. The van der Waals surface area contributed by atoms with E-state index in [1.807, 2.05) is 30.3 Å². The zero-order valence-electron chi connectivity index (χ0n) is 13.9. The van der Waals surface area contributed by atoms with Gasteiger partial charge in [0.05, 0.1) is 12.3 Å². The van der Waals surface area contributed by atoms with E-state index in [1.165, 1.54) is 18.7 Å². The normalized spacial score (nSPS) is 10.5. The summed E-state index contributed by atoms with van der Waals surface area (Å²) < 4.78 is 7.28. The van der Waals surface area contributed by atoms with Gasteiger partial charge in [-0.3, -0.25) is 4.79 Å². The number of carbonyl (C=O) groups is 1. The first-order chi connectivity index (χ1) is 12.6. The molecule has 0 saturated heterocycles. The zero-order valence-corrected chi connectivity index (χ0v) is 15.5. The highest BCUT2D eigenvalue weighted by Crippen LogP contribution is 2.21. The summed E-state index contributed by atoms with van der Waals surface area (Å²) in [6, 6.07) is 14.6. The molecular weight excluding hydrogens is 374 g/mol. The first-order valence-electron chi connectivity index (χ1n) is 7.79. The summed E-state index contributed by atoms with van der Waals surface area (Å²) in [5, 5.41) is 15.8. The average molecular weight is 390 g/mol. The quantitative estimate of drug-likeness (QED) is 0.492. The van der Waals surface area contributed by atoms with Crippen LogP contribution in [0.1, 0.15) is 6.92 Å². The fraction of sp³-hybridized carbons (Fsp3) is 0.176. The molecule has 7 nitrogen and oxygen atoms in total. The van der Waals surface area contributed by atoms with Crippen LogP contribution in [-0.2, 0) is 4.79 Å². The molecule has 26 heavy (non-hydrogen) atoms. The van der Waals surface area contributed by atoms with Gasteiger partial charge in [0, 0.05) is 23.4 Å². The number of thioether (sulfide) groups is 1. The van der Waals surface area contributed by atoms with Crippen LogP contribution in [0, 0.1) is 0 Å². The van der Waals surface area contributed by atoms with Crippen molar-refractivity contribution in [2.45, 2.75) is 12.1 Å². The molecule has 0 fully saturated rings. The lowest BCUT2D eigenvalue weighted by molar-refractivity contribution is -0.114. The van der Waals surface area contributed by atoms with E-state index in [4.69, 9.17) is 16.3 Å². The largest absolute Gasteiger partial charge is 0.493 e. The monoisotopic (exact) mass is 389 g/mol. The van der Waals surface area contributed by atoms with Crippen molar-refractivity contribution in [3.63, 3.8) is 0 Å². The highest BCUT2D eigenvalue weighted by Gasteiger charge is 2.10. The molecule has 1 N–H and O–H groups in total. The molecule has 9 heteroatoms. The van der Waals surface area contributed by atoms with Gasteiger partial charge in [0.2, 0.25) is 11.1 Å². The Bertz CT molecular complexity index is 902. The number of rotatable bonds is 7. The maximum Gasteiger partial charge on any atom is 0.221 e. The van der Waals surface area contributed by atoms with Gasteiger partial charge in [0.25, 0.3) is 0 Å². The summed E-state index contributed by atoms with van der Waals surface area (Å²) in [5.74, 6) is 1.26. The third-order valence-electron chi connectivity index (χ3n) is 3.23. The minimum Gasteiger partial charge on any atom is -0.493 e. The van der Waals surface area contributed by atoms with E-state index in [1.54, 1.807) is 22.9 Å². The van der Waals surface area contributed by atoms with Gasteiger partial charge in [-0.05, 0) is 46.8 Å². The Hall–Kier alpha value is -2.58. The average Bonchev–Trinajstić information content (AvgIpc) is 3.07. The molecule has 0 aliphatic heterocycles. The van der Waals surface area contributed by atoms with Gasteiger partial charge in [-0.2, -0.15) is 4.68 Å². The van der Waals surface area contributed by atoms with Gasteiger partial charge in [0.1, 0.15) is 5.75 Å². The standard InChI is InChI=1S/C17H16ClN5O2S/c1-12(24)19-14-5-3-6-15(11-14)23-17(20-21-22-23)26-9-8-25-16-7-2-4-13(18)10-16/h2-7,10-11H,8-9H2,1H3,(H,19,24). The highest BCUT2D eigenvalue weighted by atomic mass is 35.5. The van der Waals surface area contributed by atoms with Crippen molar-refractivity contribution in [2.24, 2.45) is 0 Å². The molecule has 0 bridgehead atoms. The summed E-state index contributed by atoms with van der Waals surface area (Å²) in [5.41, 5.74) is 1.45. The van der Waals surface area contributed by atoms with Crippen LogP contribution < -0.4 is 10.1 Å². The molecule has 1 amide bonds. The van der Waals surface area contributed by atoms with Crippen molar-refractivity contribution in [3.05, 3.63) is 53.6 Å². The number of carbonyl (C=O) groups excluding carboxylic acids is 1. The van der Waals surface area contributed by atoms with Gasteiger partial charge in [-0.25, -0.2) is 0 Å². The van der Waals surface area contributed by atoms with Crippen LogP contribution in [0.25, 0.3) is 5.69 Å². The first-order valence-corrected chi connectivity index (χ1v) is 9.16. The minimum absolute atomic E-state index is 0.133. The number of benzene rings is 2. The molecule has 3 aromatic rings. The van der Waals surface area contributed by atoms with Crippen LogP contribution in [0.5, 0.6) is 5.75 Å². The second kappa shape index (κ2) is 8.68. The zero-order chi connectivity index (χ0) is 18.4. The van der Waals surface area contributed by atoms with Crippen LogP contribution in [-0.4, -0.2) is 38.5 Å². The summed E-state index contributed by atoms with van der Waals surface area (Å²) in [6.07, 6.45) is 0. The Morgan fingerprint density at radius 3 is 2.92 bits per heavy atom. The number of ether oxygens (including phenoxy) is 1. The first kappa shape index (κ1) is 18.2. The molecule has 0 unspecified atom stereocenters. The summed E-state index contributed by atoms with van der Waals surface area (Å²) in [6.45, 7) is 1.95. The lowest BCUT2D eigenvalue weighted by atomic mass is 10.3. The van der Waals surface area contributed by atoms with Gasteiger partial charge < -0.3 is 10.1 Å². The second-order valence-corrected chi connectivity index (χ2v) is 6.76. The van der Waals surface area contributed by atoms with Crippen molar-refractivity contribution in [3.8, 4) is 11.4 Å². The van der Waals surface area contributed by atoms with Gasteiger partial charge >= 0.3 is 0 Å². The Kier molecular flexibility index (Phi) is 6.08. The van der Waals surface area contributed by atoms with Crippen molar-refractivity contribution in [2.75, 3.05) is 17.7 Å². The molecular formula is C17H16ClN5O2S. The lowest BCUT2D eigenvalue weighted by Crippen LogP contribution is -2.07. The number of tetrazole rings is 1. The van der Waals surface area contributed by atoms with Crippen LogP contribution in [0.15, 0.2) is 53.7 Å². The van der Waals surface area contributed by atoms with Crippen LogP contribution in [0.3, 0.4) is 0 Å². The SMILES string of the molecule is CC(=O)Nc1cccc(-n2nnnc2SCCOc2cccc(Cl)c2)c1. The Morgan fingerprint density at radius 2 is 2.12 bits per heavy atom. The van der Waals surface area contributed by atoms with E-state index in [2.05, 4.69) is 20.8 Å². The molecule has 134 valence electrons. The molecule has 2 aromatic carbocycles. The molecule has 0 saturated carbocycles. The fourth-order valence-electron chi connectivity index (χ4n) is 2.20. The lowest BCUT2D eigenvalue weighted by Gasteiger charge is -2.08. The maximum atomic E-state index is 11.2. The molecule has 0 aliphatic rings. The summed E-state index contributed by atoms with van der Waals surface area (Å²) in [4.78, 5) is 11.2. The topological polar surface area (TPSA) is 81.9 Å². The number of nitrogens with zero attached hydrogens (tertiary/aromatic N) is 4. The van der Waals surface area contributed by atoms with E-state index >= 15 is 0 Å². The third-order valence-corrected chi connectivity index (χ3v) is 4.35. The second-order valence-electron chi connectivity index (χ2n) is 5.26. The molecule has 0 atom stereocenters. The van der Waals surface area contributed by atoms with Crippen molar-refractivity contribution < 1.29 is 9.53 Å². The third kappa shape index (κ3) is 4.96. The number of nitrogens with one attached hydrogen (secondary N) is 1. The van der Waals surface area contributed by atoms with E-state index in [-0.39, 0.29) is 5.91 Å². The van der Waals surface area contributed by atoms with Crippen LogP contribution in [0.2, 0.25) is 5.02 Å². The molecule has 0 radical (unpaired) electrons. The van der Waals surface area contributed by atoms with Gasteiger partial charge in [-0.15, -0.1) is 5.10 Å². The number of anilines is 1. The maximum absolute atomic E-state index is 11.2. The number of halogens is 1. The molecule has 0 aliphatic carbocycles. The number of amides is 1. The number of aromatic nitrogens is 4. The molecule has 0 spiro atoms.